The Morgan fingerprint density at radius 3 is 2.67 bits per heavy atom. The summed E-state index contributed by atoms with van der Waals surface area (Å²) in [6, 6.07) is 5.95. The number of aryl methyl sites for hydroxylation is 1. The molecule has 0 aliphatic rings. The molecule has 0 aromatic heterocycles. The van der Waals surface area contributed by atoms with Gasteiger partial charge in [-0.3, -0.25) is 4.79 Å². The van der Waals surface area contributed by atoms with Crippen LogP contribution in [0.5, 0.6) is 0 Å². The third kappa shape index (κ3) is 1.92. The highest BCUT2D eigenvalue weighted by Gasteiger charge is 2.04. The Morgan fingerprint density at radius 2 is 2.17 bits per heavy atom. The van der Waals surface area contributed by atoms with Crippen molar-refractivity contribution in [3.63, 3.8) is 0 Å². The summed E-state index contributed by atoms with van der Waals surface area (Å²) in [5.41, 5.74) is 1.98. The molecule has 1 aromatic carbocycles. The summed E-state index contributed by atoms with van der Waals surface area (Å²) in [6.45, 7) is 3.67. The van der Waals surface area contributed by atoms with Crippen molar-refractivity contribution >= 4 is 20.3 Å². The molecular weight excluding hydrogens is 167 g/mol. The van der Waals surface area contributed by atoms with Gasteiger partial charge in [-0.25, -0.2) is 0 Å². The van der Waals surface area contributed by atoms with Gasteiger partial charge in [-0.2, -0.15) is 0 Å². The second-order valence-electron chi connectivity index (χ2n) is 2.83. The fourth-order valence-electron chi connectivity index (χ4n) is 1.23. The molecule has 0 spiro atoms. The van der Waals surface area contributed by atoms with Gasteiger partial charge >= 0.3 is 0 Å². The van der Waals surface area contributed by atoms with Gasteiger partial charge in [-0.1, -0.05) is 19.1 Å². The molecule has 0 N–H and O–H groups in total. The van der Waals surface area contributed by atoms with Crippen LogP contribution in [0.15, 0.2) is 18.2 Å². The molecule has 0 saturated carbocycles. The third-order valence-electron chi connectivity index (χ3n) is 1.89. The van der Waals surface area contributed by atoms with Crippen LogP contribution in [-0.4, -0.2) is 5.78 Å². The van der Waals surface area contributed by atoms with E-state index in [1.54, 1.807) is 6.92 Å². The average molecular weight is 180 g/mol. The maximum Gasteiger partial charge on any atom is 0.160 e. The molecule has 12 heavy (non-hydrogen) atoms. The summed E-state index contributed by atoms with van der Waals surface area (Å²) in [4.78, 5) is 11.2. The van der Waals surface area contributed by atoms with E-state index in [0.29, 0.717) is 0 Å². The highest BCUT2D eigenvalue weighted by Crippen LogP contribution is 2.09. The topological polar surface area (TPSA) is 17.1 Å². The predicted molar refractivity (Wildman–Crippen MR) is 55.2 cm³/mol. The largest absolute Gasteiger partial charge is 0.295 e. The third-order valence-corrected chi connectivity index (χ3v) is 2.25. The van der Waals surface area contributed by atoms with E-state index in [4.69, 9.17) is 0 Å². The van der Waals surface area contributed by atoms with E-state index in [9.17, 15) is 4.79 Å². The number of ketones is 1. The maximum atomic E-state index is 11.2. The van der Waals surface area contributed by atoms with Crippen LogP contribution in [0, 0.1) is 0 Å². The number of benzene rings is 1. The molecule has 1 atom stereocenters. The van der Waals surface area contributed by atoms with Crippen molar-refractivity contribution < 1.29 is 4.79 Å². The SMILES string of the molecule is CCc1ccc(P)cc1C(C)=O. The Morgan fingerprint density at radius 1 is 1.50 bits per heavy atom. The Bertz CT molecular complexity index is 305. The van der Waals surface area contributed by atoms with E-state index < -0.39 is 0 Å². The first kappa shape index (κ1) is 9.41. The molecule has 1 unspecified atom stereocenters. The zero-order valence-corrected chi connectivity index (χ0v) is 8.58. The molecule has 1 aromatic rings. The second kappa shape index (κ2) is 3.82. The van der Waals surface area contributed by atoms with Gasteiger partial charge in [0.25, 0.3) is 0 Å². The molecule has 0 aliphatic heterocycles. The standard InChI is InChI=1S/C10H13OP/c1-3-8-4-5-9(12)6-10(8)7(2)11/h4-6H,3,12H2,1-2H3. The Labute approximate surface area is 75.4 Å². The van der Waals surface area contributed by atoms with E-state index in [2.05, 4.69) is 16.2 Å². The van der Waals surface area contributed by atoms with Crippen molar-refractivity contribution in [2.75, 3.05) is 0 Å². The average Bonchev–Trinajstić information content (AvgIpc) is 2.04. The summed E-state index contributed by atoms with van der Waals surface area (Å²) in [6.07, 6.45) is 0.917. The van der Waals surface area contributed by atoms with Crippen LogP contribution in [0.1, 0.15) is 29.8 Å². The lowest BCUT2D eigenvalue weighted by molar-refractivity contribution is 0.101. The Kier molecular flexibility index (Phi) is 2.99. The molecule has 1 rings (SSSR count). The Hall–Kier alpha value is -0.680. The Balaban J connectivity index is 3.21. The number of hydrogen-bond donors (Lipinski definition) is 0. The molecule has 0 heterocycles. The highest BCUT2D eigenvalue weighted by atomic mass is 31.0. The van der Waals surface area contributed by atoms with Crippen molar-refractivity contribution in [3.05, 3.63) is 29.3 Å². The van der Waals surface area contributed by atoms with Crippen LogP contribution in [0.25, 0.3) is 0 Å². The van der Waals surface area contributed by atoms with Crippen LogP contribution in [0.2, 0.25) is 0 Å². The van der Waals surface area contributed by atoms with E-state index in [-0.39, 0.29) is 5.78 Å². The smallest absolute Gasteiger partial charge is 0.160 e. The van der Waals surface area contributed by atoms with Crippen molar-refractivity contribution in [2.24, 2.45) is 0 Å². The summed E-state index contributed by atoms with van der Waals surface area (Å²) in [5, 5.41) is 1.07. The zero-order chi connectivity index (χ0) is 9.14. The maximum absolute atomic E-state index is 11.2. The number of carbonyl (C=O) groups is 1. The zero-order valence-electron chi connectivity index (χ0n) is 7.42. The number of Topliss-reactive ketones (excluding diaryl/α,β-unsaturated/α-hetero) is 1. The first-order valence-corrected chi connectivity index (χ1v) is 4.62. The minimum Gasteiger partial charge on any atom is -0.295 e. The predicted octanol–water partition coefficient (Wildman–Crippen LogP) is 1.95. The molecule has 0 bridgehead atoms. The van der Waals surface area contributed by atoms with Gasteiger partial charge < -0.3 is 0 Å². The minimum absolute atomic E-state index is 0.149. The number of rotatable bonds is 2. The molecule has 64 valence electrons. The van der Waals surface area contributed by atoms with Crippen LogP contribution in [-0.2, 0) is 6.42 Å². The van der Waals surface area contributed by atoms with Crippen molar-refractivity contribution in [1.29, 1.82) is 0 Å². The van der Waals surface area contributed by atoms with Gasteiger partial charge in [0.05, 0.1) is 0 Å². The fourth-order valence-corrected chi connectivity index (χ4v) is 1.49. The lowest BCUT2D eigenvalue weighted by Crippen LogP contribution is -2.03. The van der Waals surface area contributed by atoms with Crippen molar-refractivity contribution in [3.8, 4) is 0 Å². The fraction of sp³-hybridized carbons (Fsp3) is 0.300. The molecule has 0 fully saturated rings. The monoisotopic (exact) mass is 180 g/mol. The lowest BCUT2D eigenvalue weighted by atomic mass is 10.0. The van der Waals surface area contributed by atoms with Gasteiger partial charge in [0.15, 0.2) is 5.78 Å². The highest BCUT2D eigenvalue weighted by molar-refractivity contribution is 7.27. The summed E-state index contributed by atoms with van der Waals surface area (Å²) in [5.74, 6) is 0.149. The quantitative estimate of drug-likeness (QED) is 0.502. The molecule has 0 aliphatic carbocycles. The molecule has 1 nitrogen and oxygen atoms in total. The van der Waals surface area contributed by atoms with Gasteiger partial charge in [0, 0.05) is 5.56 Å². The first-order valence-electron chi connectivity index (χ1n) is 4.04. The number of hydrogen-bond acceptors (Lipinski definition) is 1. The van der Waals surface area contributed by atoms with Gasteiger partial charge in [0.2, 0.25) is 0 Å². The summed E-state index contributed by atoms with van der Waals surface area (Å²) < 4.78 is 0. The van der Waals surface area contributed by atoms with Crippen LogP contribution in [0.4, 0.5) is 0 Å². The molecule has 2 heteroatoms. The van der Waals surface area contributed by atoms with Crippen molar-refractivity contribution in [2.45, 2.75) is 20.3 Å². The van der Waals surface area contributed by atoms with Crippen molar-refractivity contribution in [1.82, 2.24) is 0 Å². The second-order valence-corrected chi connectivity index (χ2v) is 3.49. The molecule has 0 amide bonds. The molecule has 0 saturated heterocycles. The van der Waals surface area contributed by atoms with Gasteiger partial charge in [0.1, 0.15) is 0 Å². The van der Waals surface area contributed by atoms with Gasteiger partial charge in [-0.15, -0.1) is 9.24 Å². The minimum atomic E-state index is 0.149. The van der Waals surface area contributed by atoms with Crippen LogP contribution in [0.3, 0.4) is 0 Å². The van der Waals surface area contributed by atoms with Crippen LogP contribution >= 0.6 is 9.24 Å². The van der Waals surface area contributed by atoms with Gasteiger partial charge in [-0.05, 0) is 30.3 Å². The normalized spacial score (nSPS) is 9.92. The van der Waals surface area contributed by atoms with Crippen LogP contribution < -0.4 is 5.30 Å². The van der Waals surface area contributed by atoms with E-state index >= 15 is 0 Å². The van der Waals surface area contributed by atoms with E-state index in [1.807, 2.05) is 18.2 Å². The molecular formula is C10H13OP. The summed E-state index contributed by atoms with van der Waals surface area (Å²) >= 11 is 0. The molecule has 0 radical (unpaired) electrons. The van der Waals surface area contributed by atoms with E-state index in [1.165, 1.54) is 0 Å². The van der Waals surface area contributed by atoms with E-state index in [0.717, 1.165) is 22.9 Å². The lowest BCUT2D eigenvalue weighted by Gasteiger charge is -2.04. The number of carbonyl (C=O) groups excluding carboxylic acids is 1. The summed E-state index contributed by atoms with van der Waals surface area (Å²) in [7, 11) is 2.60. The first-order chi connectivity index (χ1) is 5.65.